The van der Waals surface area contributed by atoms with Crippen LogP contribution in [0.3, 0.4) is 0 Å². The average Bonchev–Trinajstić information content (AvgIpc) is 3.50. The number of amides is 1. The van der Waals surface area contributed by atoms with Gasteiger partial charge in [0.15, 0.2) is 12.4 Å². The zero-order valence-corrected chi connectivity index (χ0v) is 16.5. The number of para-hydroxylation sites is 1. The smallest absolute Gasteiger partial charge is 0.363 e. The third-order valence-electron chi connectivity index (χ3n) is 5.20. The van der Waals surface area contributed by atoms with E-state index in [0.29, 0.717) is 5.75 Å². The predicted molar refractivity (Wildman–Crippen MR) is 107 cm³/mol. The molecular formula is C22H25N3O4. The van der Waals surface area contributed by atoms with Crippen molar-refractivity contribution >= 4 is 11.9 Å². The van der Waals surface area contributed by atoms with Crippen molar-refractivity contribution in [2.45, 2.75) is 44.6 Å². The molecule has 1 aromatic carbocycles. The second-order valence-electron chi connectivity index (χ2n) is 7.34. The van der Waals surface area contributed by atoms with Crippen LogP contribution in [0.25, 0.3) is 5.69 Å². The van der Waals surface area contributed by atoms with Crippen molar-refractivity contribution in [3.05, 3.63) is 54.0 Å². The zero-order chi connectivity index (χ0) is 20.2. The normalized spacial score (nSPS) is 16.1. The number of benzene rings is 1. The van der Waals surface area contributed by atoms with Gasteiger partial charge in [-0.25, -0.2) is 9.48 Å². The maximum atomic E-state index is 12.8. The summed E-state index contributed by atoms with van der Waals surface area (Å²) < 4.78 is 12.2. The number of esters is 1. The van der Waals surface area contributed by atoms with Crippen molar-refractivity contribution in [3.63, 3.8) is 0 Å². The SMILES string of the molecule is COc1cn(-c2ccccc2)nc1C(=O)OCC(=O)N(C1=CCCCC1)C1CC1. The highest BCUT2D eigenvalue weighted by atomic mass is 16.5. The minimum absolute atomic E-state index is 0.0546. The first-order valence-electron chi connectivity index (χ1n) is 10.0. The van der Waals surface area contributed by atoms with E-state index in [0.717, 1.165) is 49.9 Å². The van der Waals surface area contributed by atoms with Gasteiger partial charge in [-0.15, -0.1) is 0 Å². The Kier molecular flexibility index (Phi) is 5.64. The maximum Gasteiger partial charge on any atom is 0.363 e. The predicted octanol–water partition coefficient (Wildman–Crippen LogP) is 3.49. The second-order valence-corrected chi connectivity index (χ2v) is 7.34. The fourth-order valence-corrected chi connectivity index (χ4v) is 3.60. The maximum absolute atomic E-state index is 12.8. The Hall–Kier alpha value is -3.09. The van der Waals surface area contributed by atoms with Crippen molar-refractivity contribution in [2.75, 3.05) is 13.7 Å². The molecule has 0 saturated heterocycles. The van der Waals surface area contributed by atoms with Crippen LogP contribution in [0.15, 0.2) is 48.3 Å². The lowest BCUT2D eigenvalue weighted by atomic mass is 10.0. The van der Waals surface area contributed by atoms with Crippen LogP contribution in [0, 0.1) is 0 Å². The summed E-state index contributed by atoms with van der Waals surface area (Å²) >= 11 is 0. The second kappa shape index (κ2) is 8.51. The number of nitrogens with zero attached hydrogens (tertiary/aromatic N) is 3. The van der Waals surface area contributed by atoms with Gasteiger partial charge in [0.2, 0.25) is 5.69 Å². The van der Waals surface area contributed by atoms with Gasteiger partial charge in [0.05, 0.1) is 19.0 Å². The van der Waals surface area contributed by atoms with Crippen LogP contribution < -0.4 is 4.74 Å². The third-order valence-corrected chi connectivity index (χ3v) is 5.20. The molecule has 2 aliphatic carbocycles. The molecule has 7 nitrogen and oxygen atoms in total. The molecule has 0 unspecified atom stereocenters. The van der Waals surface area contributed by atoms with Gasteiger partial charge in [0.1, 0.15) is 0 Å². The van der Waals surface area contributed by atoms with E-state index in [1.54, 1.807) is 10.9 Å². The fourth-order valence-electron chi connectivity index (χ4n) is 3.60. The Morgan fingerprint density at radius 1 is 1.21 bits per heavy atom. The number of carbonyl (C=O) groups excluding carboxylic acids is 2. The number of methoxy groups -OCH3 is 1. The van der Waals surface area contributed by atoms with Gasteiger partial charge in [-0.2, -0.15) is 5.10 Å². The van der Waals surface area contributed by atoms with E-state index in [4.69, 9.17) is 9.47 Å². The molecule has 4 rings (SSSR count). The summed E-state index contributed by atoms with van der Waals surface area (Å²) in [4.78, 5) is 27.2. The third kappa shape index (κ3) is 4.34. The van der Waals surface area contributed by atoms with Crippen molar-refractivity contribution in [1.82, 2.24) is 14.7 Å². The zero-order valence-electron chi connectivity index (χ0n) is 16.5. The molecule has 0 spiro atoms. The summed E-state index contributed by atoms with van der Waals surface area (Å²) in [6, 6.07) is 9.65. The van der Waals surface area contributed by atoms with Gasteiger partial charge in [-0.05, 0) is 50.7 Å². The Balaban J connectivity index is 1.44. The van der Waals surface area contributed by atoms with E-state index < -0.39 is 5.97 Å². The summed E-state index contributed by atoms with van der Waals surface area (Å²) in [5, 5.41) is 4.29. The Bertz CT molecular complexity index is 915. The molecule has 0 aliphatic heterocycles. The van der Waals surface area contributed by atoms with E-state index in [2.05, 4.69) is 11.2 Å². The highest BCUT2D eigenvalue weighted by molar-refractivity contribution is 5.92. The van der Waals surface area contributed by atoms with E-state index in [9.17, 15) is 9.59 Å². The molecule has 1 aromatic heterocycles. The van der Waals surface area contributed by atoms with Gasteiger partial charge in [0.25, 0.3) is 5.91 Å². The molecule has 1 amide bonds. The Morgan fingerprint density at radius 3 is 2.66 bits per heavy atom. The largest absolute Gasteiger partial charge is 0.493 e. The number of hydrogen-bond acceptors (Lipinski definition) is 5. The lowest BCUT2D eigenvalue weighted by molar-refractivity contribution is -0.133. The Labute approximate surface area is 169 Å². The monoisotopic (exact) mass is 395 g/mol. The van der Waals surface area contributed by atoms with Crippen LogP contribution in [0.1, 0.15) is 49.0 Å². The summed E-state index contributed by atoms with van der Waals surface area (Å²) in [6.45, 7) is -0.298. The van der Waals surface area contributed by atoms with Crippen molar-refractivity contribution in [1.29, 1.82) is 0 Å². The number of rotatable bonds is 7. The van der Waals surface area contributed by atoms with E-state index >= 15 is 0 Å². The molecule has 0 radical (unpaired) electrons. The number of carbonyl (C=O) groups is 2. The van der Waals surface area contributed by atoms with Crippen LogP contribution in [0.2, 0.25) is 0 Å². The number of ether oxygens (including phenoxy) is 2. The summed E-state index contributed by atoms with van der Waals surface area (Å²) in [7, 11) is 1.47. The highest BCUT2D eigenvalue weighted by Gasteiger charge is 2.35. The van der Waals surface area contributed by atoms with Gasteiger partial charge in [-0.1, -0.05) is 24.3 Å². The van der Waals surface area contributed by atoms with Crippen LogP contribution in [0.4, 0.5) is 0 Å². The van der Waals surface area contributed by atoms with Gasteiger partial charge >= 0.3 is 5.97 Å². The lowest BCUT2D eigenvalue weighted by Gasteiger charge is -2.27. The standard InChI is InChI=1S/C22H25N3O4/c1-28-19-14-24(16-8-4-2-5-9-16)23-21(19)22(27)29-15-20(26)25(18-12-13-18)17-10-6-3-7-11-17/h2,4-5,8-10,14,18H,3,6-7,11-13,15H2,1H3. The molecule has 2 aliphatic rings. The number of allylic oxidation sites excluding steroid dienone is 2. The molecule has 2 aromatic rings. The first-order valence-corrected chi connectivity index (χ1v) is 10.0. The first kappa shape index (κ1) is 19.2. The minimum atomic E-state index is -0.668. The van der Waals surface area contributed by atoms with Gasteiger partial charge in [0, 0.05) is 11.7 Å². The lowest BCUT2D eigenvalue weighted by Crippen LogP contribution is -2.36. The molecule has 0 atom stereocenters. The molecule has 0 N–H and O–H groups in total. The van der Waals surface area contributed by atoms with Crippen LogP contribution in [0.5, 0.6) is 5.75 Å². The molecule has 1 fully saturated rings. The molecule has 7 heteroatoms. The molecule has 1 heterocycles. The molecular weight excluding hydrogens is 370 g/mol. The van der Waals surface area contributed by atoms with E-state index in [-0.39, 0.29) is 24.2 Å². The molecule has 1 saturated carbocycles. The van der Waals surface area contributed by atoms with E-state index in [1.165, 1.54) is 7.11 Å². The summed E-state index contributed by atoms with van der Waals surface area (Å²) in [5.74, 6) is -0.533. The highest BCUT2D eigenvalue weighted by Crippen LogP contribution is 2.33. The van der Waals surface area contributed by atoms with Crippen molar-refractivity contribution in [2.24, 2.45) is 0 Å². The van der Waals surface area contributed by atoms with Crippen LogP contribution >= 0.6 is 0 Å². The van der Waals surface area contributed by atoms with Crippen molar-refractivity contribution < 1.29 is 19.1 Å². The average molecular weight is 395 g/mol. The Morgan fingerprint density at radius 2 is 2.00 bits per heavy atom. The summed E-state index contributed by atoms with van der Waals surface area (Å²) in [6.07, 6.45) is 9.94. The molecule has 152 valence electrons. The van der Waals surface area contributed by atoms with Gasteiger partial charge < -0.3 is 14.4 Å². The molecule has 29 heavy (non-hydrogen) atoms. The first-order chi connectivity index (χ1) is 14.2. The fraction of sp³-hybridized carbons (Fsp3) is 0.409. The number of hydrogen-bond donors (Lipinski definition) is 0. The van der Waals surface area contributed by atoms with Crippen LogP contribution in [-0.4, -0.2) is 46.3 Å². The summed E-state index contributed by atoms with van der Waals surface area (Å²) in [5.41, 5.74) is 1.93. The quantitative estimate of drug-likeness (QED) is 0.671. The number of aromatic nitrogens is 2. The molecule has 0 bridgehead atoms. The van der Waals surface area contributed by atoms with Crippen LogP contribution in [-0.2, 0) is 9.53 Å². The topological polar surface area (TPSA) is 73.7 Å². The minimum Gasteiger partial charge on any atom is -0.493 e. The van der Waals surface area contributed by atoms with Gasteiger partial charge in [-0.3, -0.25) is 4.79 Å². The van der Waals surface area contributed by atoms with Crippen molar-refractivity contribution in [3.8, 4) is 11.4 Å². The van der Waals surface area contributed by atoms with E-state index in [1.807, 2.05) is 35.2 Å².